The van der Waals surface area contributed by atoms with Gasteiger partial charge in [0.25, 0.3) is 0 Å². The molecule has 0 aliphatic heterocycles. The highest BCUT2D eigenvalue weighted by Crippen LogP contribution is 2.14. The number of anilines is 1. The molecule has 0 heterocycles. The number of benzene rings is 1. The lowest BCUT2D eigenvalue weighted by atomic mass is 10.2. The molecule has 0 bridgehead atoms. The Hall–Kier alpha value is -1.87. The van der Waals surface area contributed by atoms with Gasteiger partial charge in [-0.3, -0.25) is 9.71 Å². The summed E-state index contributed by atoms with van der Waals surface area (Å²) in [7, 11) is -2.01. The first-order valence-electron chi connectivity index (χ1n) is 8.07. The number of halogens is 1. The molecule has 0 fully saturated rings. The van der Waals surface area contributed by atoms with E-state index in [-0.39, 0.29) is 24.0 Å². The van der Waals surface area contributed by atoms with Crippen molar-refractivity contribution >= 4 is 21.7 Å². The van der Waals surface area contributed by atoms with Crippen molar-refractivity contribution in [3.05, 3.63) is 29.6 Å². The van der Waals surface area contributed by atoms with Gasteiger partial charge in [-0.05, 0) is 38.5 Å². The highest BCUT2D eigenvalue weighted by atomic mass is 32.2. The second kappa shape index (κ2) is 10.2. The SMILES string of the molecule is CCNC(=NCCS(=O)(=O)Nc1ccc(C)c(F)c1)NC(C)COC. The average Bonchev–Trinajstić information content (AvgIpc) is 2.51. The number of hydrogen-bond acceptors (Lipinski definition) is 4. The number of guanidine groups is 1. The van der Waals surface area contributed by atoms with Crippen LogP contribution in [0.15, 0.2) is 23.2 Å². The Morgan fingerprint density at radius 1 is 1.40 bits per heavy atom. The van der Waals surface area contributed by atoms with Gasteiger partial charge in [0, 0.05) is 19.7 Å². The summed E-state index contributed by atoms with van der Waals surface area (Å²) in [5, 5.41) is 6.16. The third-order valence-corrected chi connectivity index (χ3v) is 4.49. The Balaban J connectivity index is 2.64. The topological polar surface area (TPSA) is 91.8 Å². The first-order valence-corrected chi connectivity index (χ1v) is 9.73. The molecule has 0 amide bonds. The van der Waals surface area contributed by atoms with Crippen molar-refractivity contribution in [2.75, 3.05) is 37.3 Å². The van der Waals surface area contributed by atoms with Gasteiger partial charge in [0.1, 0.15) is 5.82 Å². The molecule has 0 saturated heterocycles. The lowest BCUT2D eigenvalue weighted by Crippen LogP contribution is -2.44. The van der Waals surface area contributed by atoms with Crippen LogP contribution in [0.3, 0.4) is 0 Å². The van der Waals surface area contributed by atoms with Crippen molar-refractivity contribution in [2.24, 2.45) is 4.99 Å². The van der Waals surface area contributed by atoms with E-state index in [9.17, 15) is 12.8 Å². The van der Waals surface area contributed by atoms with Crippen LogP contribution in [0, 0.1) is 12.7 Å². The maximum atomic E-state index is 13.5. The van der Waals surface area contributed by atoms with Crippen molar-refractivity contribution in [3.63, 3.8) is 0 Å². The van der Waals surface area contributed by atoms with E-state index in [1.54, 1.807) is 14.0 Å². The lowest BCUT2D eigenvalue weighted by molar-refractivity contribution is 0.179. The number of aliphatic imine (C=N–C) groups is 1. The van der Waals surface area contributed by atoms with Gasteiger partial charge in [0.15, 0.2) is 5.96 Å². The second-order valence-electron chi connectivity index (χ2n) is 5.65. The third kappa shape index (κ3) is 8.17. The molecule has 7 nitrogen and oxygen atoms in total. The number of methoxy groups -OCH3 is 1. The van der Waals surface area contributed by atoms with E-state index in [0.29, 0.717) is 24.7 Å². The number of rotatable bonds is 9. The molecular weight excluding hydrogens is 347 g/mol. The number of aryl methyl sites for hydroxylation is 1. The molecule has 9 heteroatoms. The Labute approximate surface area is 149 Å². The van der Waals surface area contributed by atoms with E-state index < -0.39 is 15.8 Å². The lowest BCUT2D eigenvalue weighted by Gasteiger charge is -2.17. The minimum atomic E-state index is -3.62. The summed E-state index contributed by atoms with van der Waals surface area (Å²) in [4.78, 5) is 4.24. The quantitative estimate of drug-likeness (QED) is 0.450. The molecule has 0 aliphatic rings. The maximum Gasteiger partial charge on any atom is 0.234 e. The summed E-state index contributed by atoms with van der Waals surface area (Å²) in [6.45, 7) is 6.69. The molecule has 1 rings (SSSR count). The highest BCUT2D eigenvalue weighted by Gasteiger charge is 2.12. The summed E-state index contributed by atoms with van der Waals surface area (Å²) >= 11 is 0. The molecule has 1 aromatic carbocycles. The van der Waals surface area contributed by atoms with E-state index in [4.69, 9.17) is 4.74 Å². The van der Waals surface area contributed by atoms with Crippen LogP contribution in [0.4, 0.5) is 10.1 Å². The standard InChI is InChI=1S/C16H27FN4O3S/c1-5-18-16(20-13(3)11-24-4)19-8-9-25(22,23)21-14-7-6-12(2)15(17)10-14/h6-7,10,13,21H,5,8-9,11H2,1-4H3,(H2,18,19,20). The Kier molecular flexibility index (Phi) is 8.64. The number of nitrogens with one attached hydrogen (secondary N) is 3. The van der Waals surface area contributed by atoms with E-state index in [1.807, 2.05) is 13.8 Å². The third-order valence-electron chi connectivity index (χ3n) is 3.22. The second-order valence-corrected chi connectivity index (χ2v) is 7.49. The van der Waals surface area contributed by atoms with Crippen molar-refractivity contribution in [1.29, 1.82) is 0 Å². The van der Waals surface area contributed by atoms with Gasteiger partial charge < -0.3 is 15.4 Å². The van der Waals surface area contributed by atoms with E-state index in [2.05, 4.69) is 20.3 Å². The largest absolute Gasteiger partial charge is 0.383 e. The molecular formula is C16H27FN4O3S. The van der Waals surface area contributed by atoms with Crippen LogP contribution < -0.4 is 15.4 Å². The molecule has 142 valence electrons. The van der Waals surface area contributed by atoms with Crippen molar-refractivity contribution < 1.29 is 17.5 Å². The highest BCUT2D eigenvalue weighted by molar-refractivity contribution is 7.92. The predicted octanol–water partition coefficient (Wildman–Crippen LogP) is 1.47. The number of nitrogens with zero attached hydrogens (tertiary/aromatic N) is 1. The molecule has 0 radical (unpaired) electrons. The van der Waals surface area contributed by atoms with Crippen LogP contribution in [-0.4, -0.2) is 53.0 Å². The average molecular weight is 374 g/mol. The predicted molar refractivity (Wildman–Crippen MR) is 99.0 cm³/mol. The van der Waals surface area contributed by atoms with Crippen molar-refractivity contribution in [1.82, 2.24) is 10.6 Å². The Bertz CT molecular complexity index is 680. The van der Waals surface area contributed by atoms with Gasteiger partial charge in [-0.15, -0.1) is 0 Å². The fourth-order valence-electron chi connectivity index (χ4n) is 2.01. The van der Waals surface area contributed by atoms with Crippen molar-refractivity contribution in [2.45, 2.75) is 26.8 Å². The minimum Gasteiger partial charge on any atom is -0.383 e. The monoisotopic (exact) mass is 374 g/mol. The zero-order valence-corrected chi connectivity index (χ0v) is 15.9. The molecule has 0 saturated carbocycles. The fourth-order valence-corrected chi connectivity index (χ4v) is 2.93. The number of sulfonamides is 1. The van der Waals surface area contributed by atoms with E-state index in [1.165, 1.54) is 12.1 Å². The van der Waals surface area contributed by atoms with Crippen LogP contribution in [0.25, 0.3) is 0 Å². The van der Waals surface area contributed by atoms with Gasteiger partial charge in [0.2, 0.25) is 10.0 Å². The van der Waals surface area contributed by atoms with Gasteiger partial charge in [-0.25, -0.2) is 12.8 Å². The molecule has 1 atom stereocenters. The Morgan fingerprint density at radius 2 is 2.12 bits per heavy atom. The Morgan fingerprint density at radius 3 is 2.72 bits per heavy atom. The molecule has 3 N–H and O–H groups in total. The van der Waals surface area contributed by atoms with E-state index >= 15 is 0 Å². The van der Waals surface area contributed by atoms with Crippen LogP contribution in [0.5, 0.6) is 0 Å². The normalized spacial score (nSPS) is 13.4. The zero-order chi connectivity index (χ0) is 18.9. The van der Waals surface area contributed by atoms with Crippen molar-refractivity contribution in [3.8, 4) is 0 Å². The summed E-state index contributed by atoms with van der Waals surface area (Å²) < 4.78 is 45.1. The van der Waals surface area contributed by atoms with Crippen LogP contribution in [0.1, 0.15) is 19.4 Å². The van der Waals surface area contributed by atoms with Crippen LogP contribution in [-0.2, 0) is 14.8 Å². The van der Waals surface area contributed by atoms with Crippen LogP contribution in [0.2, 0.25) is 0 Å². The van der Waals surface area contributed by atoms with Gasteiger partial charge >= 0.3 is 0 Å². The molecule has 0 aliphatic carbocycles. The first kappa shape index (κ1) is 21.2. The maximum absolute atomic E-state index is 13.5. The zero-order valence-electron chi connectivity index (χ0n) is 15.1. The number of hydrogen-bond donors (Lipinski definition) is 3. The first-order chi connectivity index (χ1) is 11.8. The van der Waals surface area contributed by atoms with Gasteiger partial charge in [-0.1, -0.05) is 6.07 Å². The summed E-state index contributed by atoms with van der Waals surface area (Å²) in [6, 6.07) is 4.24. The number of ether oxygens (including phenoxy) is 1. The summed E-state index contributed by atoms with van der Waals surface area (Å²) in [5.74, 6) is -0.148. The summed E-state index contributed by atoms with van der Waals surface area (Å²) in [5.41, 5.74) is 0.657. The fraction of sp³-hybridized carbons (Fsp3) is 0.562. The molecule has 0 aromatic heterocycles. The van der Waals surface area contributed by atoms with Gasteiger partial charge in [-0.2, -0.15) is 0 Å². The van der Waals surface area contributed by atoms with E-state index in [0.717, 1.165) is 6.07 Å². The molecule has 1 unspecified atom stereocenters. The smallest absolute Gasteiger partial charge is 0.234 e. The summed E-state index contributed by atoms with van der Waals surface area (Å²) in [6.07, 6.45) is 0. The molecule has 0 spiro atoms. The minimum absolute atomic E-state index is 0.0352. The van der Waals surface area contributed by atoms with Gasteiger partial charge in [0.05, 0.1) is 24.6 Å². The van der Waals surface area contributed by atoms with Crippen LogP contribution >= 0.6 is 0 Å². The molecule has 1 aromatic rings. The molecule has 25 heavy (non-hydrogen) atoms.